The highest BCUT2D eigenvalue weighted by Gasteiger charge is 2.12. The molecule has 0 spiro atoms. The average Bonchev–Trinajstić information content (AvgIpc) is 2.67. The molecule has 0 aromatic heterocycles. The predicted octanol–water partition coefficient (Wildman–Crippen LogP) is 3.52. The molecule has 2 aromatic carbocycles. The lowest BCUT2D eigenvalue weighted by atomic mass is 10.2. The molecule has 138 valence electrons. The van der Waals surface area contributed by atoms with E-state index in [1.807, 2.05) is 24.3 Å². The van der Waals surface area contributed by atoms with Crippen molar-refractivity contribution in [2.24, 2.45) is 0 Å². The Kier molecular flexibility index (Phi) is 6.36. The van der Waals surface area contributed by atoms with Crippen LogP contribution in [0.1, 0.15) is 11.1 Å². The van der Waals surface area contributed by atoms with Gasteiger partial charge >= 0.3 is 6.03 Å². The summed E-state index contributed by atoms with van der Waals surface area (Å²) in [5.41, 5.74) is 3.28. The smallest absolute Gasteiger partial charge is 0.317 e. The summed E-state index contributed by atoms with van der Waals surface area (Å²) in [6.07, 6.45) is 0. The van der Waals surface area contributed by atoms with Gasteiger partial charge in [-0.1, -0.05) is 35.9 Å². The van der Waals surface area contributed by atoms with Crippen molar-refractivity contribution >= 4 is 23.3 Å². The first-order valence-corrected chi connectivity index (χ1v) is 9.14. The Labute approximate surface area is 159 Å². The van der Waals surface area contributed by atoms with Gasteiger partial charge in [0.15, 0.2) is 0 Å². The number of hydrogen-bond donors (Lipinski definition) is 1. The number of amides is 2. The second-order valence-corrected chi connectivity index (χ2v) is 6.85. The lowest BCUT2D eigenvalue weighted by Crippen LogP contribution is -2.36. The number of nitrogens with one attached hydrogen (secondary N) is 1. The molecule has 0 atom stereocenters. The highest BCUT2D eigenvalue weighted by atomic mass is 35.5. The van der Waals surface area contributed by atoms with Gasteiger partial charge in [-0.15, -0.1) is 0 Å². The van der Waals surface area contributed by atoms with Gasteiger partial charge in [-0.05, 0) is 35.4 Å². The van der Waals surface area contributed by atoms with E-state index in [2.05, 4.69) is 34.5 Å². The number of nitrogens with zero attached hydrogens (tertiary/aromatic N) is 2. The number of hydrogen-bond acceptors (Lipinski definition) is 3. The van der Waals surface area contributed by atoms with E-state index < -0.39 is 0 Å². The van der Waals surface area contributed by atoms with Crippen molar-refractivity contribution < 1.29 is 9.53 Å². The van der Waals surface area contributed by atoms with Crippen LogP contribution in [-0.4, -0.2) is 44.3 Å². The fraction of sp³-hybridized carbons (Fsp3) is 0.350. The number of morpholine rings is 1. The molecule has 2 aromatic rings. The summed E-state index contributed by atoms with van der Waals surface area (Å²) in [4.78, 5) is 16.3. The van der Waals surface area contributed by atoms with Crippen LogP contribution in [-0.2, 0) is 17.8 Å². The summed E-state index contributed by atoms with van der Waals surface area (Å²) in [7, 11) is 1.79. The molecule has 0 saturated carbocycles. The lowest BCUT2D eigenvalue weighted by molar-refractivity contribution is 0.122. The second kappa shape index (κ2) is 8.92. The predicted molar refractivity (Wildman–Crippen MR) is 105 cm³/mol. The molecule has 1 N–H and O–H groups in total. The number of halogens is 1. The molecule has 0 aliphatic carbocycles. The number of ether oxygens (including phenoxy) is 1. The Balaban J connectivity index is 1.50. The standard InChI is InChI=1S/C20H24ClN3O2/c1-23(20(25)22-14-17-3-2-4-18(21)13-17)15-16-5-7-19(8-6-16)24-9-11-26-12-10-24/h2-8,13H,9-12,14-15H2,1H3,(H,22,25). The summed E-state index contributed by atoms with van der Waals surface area (Å²) >= 11 is 5.97. The maximum atomic E-state index is 12.3. The zero-order valence-electron chi connectivity index (χ0n) is 15.0. The normalized spacial score (nSPS) is 14.2. The van der Waals surface area contributed by atoms with Crippen LogP contribution in [0.2, 0.25) is 5.02 Å². The van der Waals surface area contributed by atoms with Crippen LogP contribution in [0, 0.1) is 0 Å². The molecule has 1 aliphatic heterocycles. The topological polar surface area (TPSA) is 44.8 Å². The summed E-state index contributed by atoms with van der Waals surface area (Å²) in [5.74, 6) is 0. The number of carbonyl (C=O) groups is 1. The maximum absolute atomic E-state index is 12.3. The van der Waals surface area contributed by atoms with E-state index in [1.165, 1.54) is 5.69 Å². The Morgan fingerprint density at radius 1 is 1.15 bits per heavy atom. The van der Waals surface area contributed by atoms with E-state index >= 15 is 0 Å². The third-order valence-electron chi connectivity index (χ3n) is 4.41. The summed E-state index contributed by atoms with van der Waals surface area (Å²) in [6, 6.07) is 15.8. The van der Waals surface area contributed by atoms with E-state index in [9.17, 15) is 4.79 Å². The Morgan fingerprint density at radius 3 is 2.58 bits per heavy atom. The Morgan fingerprint density at radius 2 is 1.88 bits per heavy atom. The van der Waals surface area contributed by atoms with Crippen LogP contribution in [0.4, 0.5) is 10.5 Å². The van der Waals surface area contributed by atoms with Crippen LogP contribution in [0.5, 0.6) is 0 Å². The van der Waals surface area contributed by atoms with Crippen molar-refractivity contribution in [2.45, 2.75) is 13.1 Å². The first-order chi connectivity index (χ1) is 12.6. The highest BCUT2D eigenvalue weighted by molar-refractivity contribution is 6.30. The van der Waals surface area contributed by atoms with Crippen molar-refractivity contribution in [3.8, 4) is 0 Å². The summed E-state index contributed by atoms with van der Waals surface area (Å²) in [6.45, 7) is 4.41. The van der Waals surface area contributed by atoms with Gasteiger partial charge in [0.1, 0.15) is 0 Å². The molecular weight excluding hydrogens is 350 g/mol. The monoisotopic (exact) mass is 373 g/mol. The molecular formula is C20H24ClN3O2. The zero-order valence-corrected chi connectivity index (χ0v) is 15.7. The number of urea groups is 1. The van der Waals surface area contributed by atoms with Gasteiger partial charge in [0.25, 0.3) is 0 Å². The first-order valence-electron chi connectivity index (χ1n) is 8.77. The molecule has 1 fully saturated rings. The molecule has 1 aliphatic rings. The van der Waals surface area contributed by atoms with Crippen molar-refractivity contribution in [3.05, 3.63) is 64.7 Å². The van der Waals surface area contributed by atoms with Gasteiger partial charge in [-0.3, -0.25) is 0 Å². The minimum Gasteiger partial charge on any atom is -0.378 e. The van der Waals surface area contributed by atoms with Gasteiger partial charge in [0.05, 0.1) is 13.2 Å². The highest BCUT2D eigenvalue weighted by Crippen LogP contribution is 2.17. The van der Waals surface area contributed by atoms with E-state index in [0.29, 0.717) is 18.1 Å². The second-order valence-electron chi connectivity index (χ2n) is 6.41. The SMILES string of the molecule is CN(Cc1ccc(N2CCOCC2)cc1)C(=O)NCc1cccc(Cl)c1. The fourth-order valence-electron chi connectivity index (χ4n) is 2.94. The van der Waals surface area contributed by atoms with Gasteiger partial charge in [-0.25, -0.2) is 4.79 Å². The van der Waals surface area contributed by atoms with Gasteiger partial charge in [-0.2, -0.15) is 0 Å². The van der Waals surface area contributed by atoms with E-state index in [-0.39, 0.29) is 6.03 Å². The van der Waals surface area contributed by atoms with Gasteiger partial charge < -0.3 is 19.9 Å². The minimum absolute atomic E-state index is 0.109. The van der Waals surface area contributed by atoms with Crippen molar-refractivity contribution in [1.82, 2.24) is 10.2 Å². The summed E-state index contributed by atoms with van der Waals surface area (Å²) < 4.78 is 5.39. The van der Waals surface area contributed by atoms with E-state index in [4.69, 9.17) is 16.3 Å². The third kappa shape index (κ3) is 5.13. The minimum atomic E-state index is -0.109. The number of benzene rings is 2. The molecule has 5 nitrogen and oxygen atoms in total. The van der Waals surface area contributed by atoms with Crippen LogP contribution in [0.25, 0.3) is 0 Å². The average molecular weight is 374 g/mol. The summed E-state index contributed by atoms with van der Waals surface area (Å²) in [5, 5.41) is 3.59. The first kappa shape index (κ1) is 18.5. The molecule has 0 bridgehead atoms. The Hall–Kier alpha value is -2.24. The van der Waals surface area contributed by atoms with Crippen molar-refractivity contribution in [3.63, 3.8) is 0 Å². The maximum Gasteiger partial charge on any atom is 0.317 e. The largest absolute Gasteiger partial charge is 0.378 e. The molecule has 1 heterocycles. The van der Waals surface area contributed by atoms with Gasteiger partial charge in [0, 0.05) is 43.9 Å². The van der Waals surface area contributed by atoms with Crippen LogP contribution < -0.4 is 10.2 Å². The lowest BCUT2D eigenvalue weighted by Gasteiger charge is -2.29. The number of carbonyl (C=O) groups excluding carboxylic acids is 1. The number of anilines is 1. The quantitative estimate of drug-likeness (QED) is 0.872. The molecule has 0 unspecified atom stereocenters. The number of rotatable bonds is 5. The Bertz CT molecular complexity index is 730. The molecule has 3 rings (SSSR count). The fourth-order valence-corrected chi connectivity index (χ4v) is 3.15. The third-order valence-corrected chi connectivity index (χ3v) is 4.65. The molecule has 2 amide bonds. The molecule has 6 heteroatoms. The van der Waals surface area contributed by atoms with Crippen LogP contribution in [0.3, 0.4) is 0 Å². The van der Waals surface area contributed by atoms with E-state index in [0.717, 1.165) is 37.4 Å². The van der Waals surface area contributed by atoms with Crippen LogP contribution >= 0.6 is 11.6 Å². The molecule has 26 heavy (non-hydrogen) atoms. The van der Waals surface area contributed by atoms with E-state index in [1.54, 1.807) is 11.9 Å². The van der Waals surface area contributed by atoms with Crippen molar-refractivity contribution in [2.75, 3.05) is 38.3 Å². The van der Waals surface area contributed by atoms with Crippen molar-refractivity contribution in [1.29, 1.82) is 0 Å². The van der Waals surface area contributed by atoms with Crippen LogP contribution in [0.15, 0.2) is 48.5 Å². The molecule has 0 radical (unpaired) electrons. The van der Waals surface area contributed by atoms with Gasteiger partial charge in [0.2, 0.25) is 0 Å². The molecule has 1 saturated heterocycles. The zero-order chi connectivity index (χ0) is 18.4.